The molecule has 1 atom stereocenters. The van der Waals surface area contributed by atoms with E-state index in [1.54, 1.807) is 31.2 Å². The molecule has 1 aliphatic carbocycles. The maximum atomic E-state index is 12.8. The first kappa shape index (κ1) is 19.8. The number of hydrogen-bond donors (Lipinski definition) is 2. The molecule has 146 valence electrons. The van der Waals surface area contributed by atoms with Gasteiger partial charge in [-0.1, -0.05) is 30.5 Å². The van der Waals surface area contributed by atoms with Crippen LogP contribution in [-0.2, 0) is 9.53 Å². The van der Waals surface area contributed by atoms with E-state index < -0.39 is 6.04 Å². The number of nitriles is 1. The van der Waals surface area contributed by atoms with Crippen LogP contribution in [0.2, 0.25) is 0 Å². The lowest BCUT2D eigenvalue weighted by molar-refractivity contribution is -0.144. The Morgan fingerprint density at radius 1 is 1.29 bits per heavy atom. The minimum Gasteiger partial charge on any atom is -0.464 e. The Morgan fingerprint density at radius 3 is 2.57 bits per heavy atom. The van der Waals surface area contributed by atoms with Gasteiger partial charge in [-0.3, -0.25) is 0 Å². The van der Waals surface area contributed by atoms with Gasteiger partial charge in [0, 0.05) is 16.9 Å². The highest BCUT2D eigenvalue weighted by Gasteiger charge is 2.28. The fourth-order valence-electron chi connectivity index (χ4n) is 3.96. The van der Waals surface area contributed by atoms with E-state index in [1.165, 1.54) is 12.8 Å². The van der Waals surface area contributed by atoms with Gasteiger partial charge in [-0.25, -0.2) is 4.79 Å². The van der Waals surface area contributed by atoms with Crippen molar-refractivity contribution in [3.8, 4) is 6.07 Å². The van der Waals surface area contributed by atoms with E-state index in [9.17, 15) is 4.79 Å². The second kappa shape index (κ2) is 8.79. The highest BCUT2D eigenvalue weighted by Crippen LogP contribution is 2.40. The monoisotopic (exact) mass is 377 g/mol. The van der Waals surface area contributed by atoms with Gasteiger partial charge in [-0.2, -0.15) is 5.26 Å². The van der Waals surface area contributed by atoms with Crippen LogP contribution in [0.3, 0.4) is 0 Å². The largest absolute Gasteiger partial charge is 0.464 e. The standard InChI is InChI=1S/C23H27N3O2/c1-3-28-23(27)22(26-18-10-8-16(14-24)9-11-18)20-13-15(2)12-19(21(20)25)17-6-4-5-7-17/h8-13,17,22,26H,3-7,25H2,1-2H3. The summed E-state index contributed by atoms with van der Waals surface area (Å²) in [5.41, 5.74) is 11.5. The van der Waals surface area contributed by atoms with Crippen molar-refractivity contribution >= 4 is 17.3 Å². The van der Waals surface area contributed by atoms with Crippen molar-refractivity contribution < 1.29 is 9.53 Å². The number of carbonyl (C=O) groups is 1. The van der Waals surface area contributed by atoms with Crippen LogP contribution < -0.4 is 11.1 Å². The third kappa shape index (κ3) is 4.28. The lowest BCUT2D eigenvalue weighted by Crippen LogP contribution is -2.25. The summed E-state index contributed by atoms with van der Waals surface area (Å²) in [6.45, 7) is 4.12. The molecule has 0 aromatic heterocycles. The van der Waals surface area contributed by atoms with Crippen molar-refractivity contribution in [3.63, 3.8) is 0 Å². The van der Waals surface area contributed by atoms with Gasteiger partial charge >= 0.3 is 5.97 Å². The van der Waals surface area contributed by atoms with Crippen LogP contribution in [0.5, 0.6) is 0 Å². The number of aryl methyl sites for hydroxylation is 1. The molecule has 5 heteroatoms. The van der Waals surface area contributed by atoms with Crippen molar-refractivity contribution in [2.75, 3.05) is 17.7 Å². The van der Waals surface area contributed by atoms with Gasteiger partial charge in [0.05, 0.1) is 18.2 Å². The normalized spacial score (nSPS) is 15.0. The molecule has 0 saturated heterocycles. The predicted molar refractivity (Wildman–Crippen MR) is 111 cm³/mol. The summed E-state index contributed by atoms with van der Waals surface area (Å²) in [6, 6.07) is 12.5. The SMILES string of the molecule is CCOC(=O)C(Nc1ccc(C#N)cc1)c1cc(C)cc(C2CCCC2)c1N. The van der Waals surface area contributed by atoms with Gasteiger partial charge in [0.25, 0.3) is 0 Å². The Kier molecular flexibility index (Phi) is 6.20. The van der Waals surface area contributed by atoms with Crippen molar-refractivity contribution in [1.82, 2.24) is 0 Å². The maximum absolute atomic E-state index is 12.8. The molecule has 3 rings (SSSR count). The molecular weight excluding hydrogens is 350 g/mol. The summed E-state index contributed by atoms with van der Waals surface area (Å²) < 4.78 is 5.33. The summed E-state index contributed by atoms with van der Waals surface area (Å²) in [5.74, 6) is 0.0953. The molecular formula is C23H27N3O2. The average Bonchev–Trinajstić information content (AvgIpc) is 3.23. The summed E-state index contributed by atoms with van der Waals surface area (Å²) in [4.78, 5) is 12.8. The Labute approximate surface area is 166 Å². The van der Waals surface area contributed by atoms with Gasteiger partial charge in [0.15, 0.2) is 6.04 Å². The summed E-state index contributed by atoms with van der Waals surface area (Å²) in [5, 5.41) is 12.2. The first-order valence-corrected chi connectivity index (χ1v) is 9.86. The molecule has 0 spiro atoms. The van der Waals surface area contributed by atoms with E-state index in [1.807, 2.05) is 13.0 Å². The highest BCUT2D eigenvalue weighted by molar-refractivity contribution is 5.84. The number of nitrogen functional groups attached to an aromatic ring is 1. The zero-order chi connectivity index (χ0) is 20.1. The molecule has 1 saturated carbocycles. The highest BCUT2D eigenvalue weighted by atomic mass is 16.5. The Hall–Kier alpha value is -3.00. The minimum atomic E-state index is -0.701. The summed E-state index contributed by atoms with van der Waals surface area (Å²) in [7, 11) is 0. The number of benzene rings is 2. The zero-order valence-corrected chi connectivity index (χ0v) is 16.5. The number of rotatable bonds is 6. The number of nitrogens with one attached hydrogen (secondary N) is 1. The van der Waals surface area contributed by atoms with E-state index in [-0.39, 0.29) is 5.97 Å². The number of anilines is 2. The quantitative estimate of drug-likeness (QED) is 0.556. The predicted octanol–water partition coefficient (Wildman–Crippen LogP) is 4.82. The van der Waals surface area contributed by atoms with Crippen LogP contribution in [0.15, 0.2) is 36.4 Å². The topological polar surface area (TPSA) is 88.1 Å². The minimum absolute atomic E-state index is 0.297. The molecule has 0 bridgehead atoms. The maximum Gasteiger partial charge on any atom is 0.333 e. The van der Waals surface area contributed by atoms with Crippen molar-refractivity contribution in [2.24, 2.45) is 0 Å². The summed E-state index contributed by atoms with van der Waals surface area (Å²) in [6.07, 6.45) is 4.72. The van der Waals surface area contributed by atoms with Gasteiger partial charge in [-0.15, -0.1) is 0 Å². The van der Waals surface area contributed by atoms with Crippen LogP contribution in [0.4, 0.5) is 11.4 Å². The molecule has 1 aliphatic rings. The Morgan fingerprint density at radius 2 is 1.96 bits per heavy atom. The van der Waals surface area contributed by atoms with E-state index in [0.29, 0.717) is 23.8 Å². The van der Waals surface area contributed by atoms with Crippen LogP contribution in [0.1, 0.15) is 66.8 Å². The first-order valence-electron chi connectivity index (χ1n) is 9.86. The second-order valence-corrected chi connectivity index (χ2v) is 7.36. The molecule has 0 heterocycles. The molecule has 2 aromatic carbocycles. The van der Waals surface area contributed by atoms with Crippen LogP contribution in [0.25, 0.3) is 0 Å². The first-order chi connectivity index (χ1) is 13.5. The average molecular weight is 377 g/mol. The molecule has 0 amide bonds. The lowest BCUT2D eigenvalue weighted by atomic mass is 9.89. The smallest absolute Gasteiger partial charge is 0.333 e. The van der Waals surface area contributed by atoms with Crippen molar-refractivity contribution in [1.29, 1.82) is 5.26 Å². The fraction of sp³-hybridized carbons (Fsp3) is 0.391. The van der Waals surface area contributed by atoms with Crippen LogP contribution in [-0.4, -0.2) is 12.6 Å². The summed E-state index contributed by atoms with van der Waals surface area (Å²) >= 11 is 0. The third-order valence-electron chi connectivity index (χ3n) is 5.34. The number of esters is 1. The van der Waals surface area contributed by atoms with Crippen LogP contribution >= 0.6 is 0 Å². The van der Waals surface area contributed by atoms with E-state index in [2.05, 4.69) is 17.5 Å². The number of hydrogen-bond acceptors (Lipinski definition) is 5. The lowest BCUT2D eigenvalue weighted by Gasteiger charge is -2.24. The van der Waals surface area contributed by atoms with Gasteiger partial charge < -0.3 is 15.8 Å². The van der Waals surface area contributed by atoms with Crippen molar-refractivity contribution in [3.05, 3.63) is 58.7 Å². The molecule has 0 radical (unpaired) electrons. The third-order valence-corrected chi connectivity index (χ3v) is 5.34. The Bertz CT molecular complexity index is 878. The second-order valence-electron chi connectivity index (χ2n) is 7.36. The zero-order valence-electron chi connectivity index (χ0n) is 16.5. The molecule has 1 unspecified atom stereocenters. The molecule has 1 fully saturated rings. The molecule has 0 aliphatic heterocycles. The van der Waals surface area contributed by atoms with E-state index in [0.717, 1.165) is 35.2 Å². The van der Waals surface area contributed by atoms with Gasteiger partial charge in [0.1, 0.15) is 0 Å². The molecule has 2 aromatic rings. The number of carbonyl (C=O) groups excluding carboxylic acids is 1. The van der Waals surface area contributed by atoms with Gasteiger partial charge in [0.2, 0.25) is 0 Å². The Balaban J connectivity index is 1.99. The van der Waals surface area contributed by atoms with Crippen LogP contribution in [0, 0.1) is 18.3 Å². The molecule has 5 nitrogen and oxygen atoms in total. The van der Waals surface area contributed by atoms with E-state index >= 15 is 0 Å². The number of nitrogens with two attached hydrogens (primary N) is 1. The number of ether oxygens (including phenoxy) is 1. The molecule has 28 heavy (non-hydrogen) atoms. The van der Waals surface area contributed by atoms with Crippen molar-refractivity contribution in [2.45, 2.75) is 51.5 Å². The number of nitrogens with zero attached hydrogens (tertiary/aromatic N) is 1. The van der Waals surface area contributed by atoms with Gasteiger partial charge in [-0.05, 0) is 62.4 Å². The molecule has 3 N–H and O–H groups in total. The fourth-order valence-corrected chi connectivity index (χ4v) is 3.96. The van der Waals surface area contributed by atoms with E-state index in [4.69, 9.17) is 15.7 Å².